The summed E-state index contributed by atoms with van der Waals surface area (Å²) in [6.45, 7) is 2.55. The smallest absolute Gasteiger partial charge is 0.329 e. The van der Waals surface area contributed by atoms with Crippen LogP contribution in [0.3, 0.4) is 0 Å². The lowest BCUT2D eigenvalue weighted by molar-refractivity contribution is 0.134. The molecule has 9 nitrogen and oxygen atoms in total. The number of pyridine rings is 1. The Morgan fingerprint density at radius 2 is 1.94 bits per heavy atom. The number of nitrogens with zero attached hydrogens (tertiary/aromatic N) is 6. The van der Waals surface area contributed by atoms with E-state index in [2.05, 4.69) is 32.5 Å². The maximum atomic E-state index is 13.4. The highest BCUT2D eigenvalue weighted by Crippen LogP contribution is 2.29. The Hall–Kier alpha value is -3.59. The lowest BCUT2D eigenvalue weighted by Gasteiger charge is -2.14. The third-order valence-corrected chi connectivity index (χ3v) is 6.65. The summed E-state index contributed by atoms with van der Waals surface area (Å²) in [5.41, 5.74) is 4.75. The zero-order chi connectivity index (χ0) is 23.5. The fourth-order valence-corrected chi connectivity index (χ4v) is 4.77. The Morgan fingerprint density at radius 1 is 1.12 bits per heavy atom. The number of hydrogen-bond donors (Lipinski definition) is 2. The molecule has 2 N–H and O–H groups in total. The van der Waals surface area contributed by atoms with Crippen molar-refractivity contribution in [2.75, 3.05) is 0 Å². The number of rotatable bonds is 8. The summed E-state index contributed by atoms with van der Waals surface area (Å²) in [5, 5.41) is 24.3. The predicted molar refractivity (Wildman–Crippen MR) is 128 cm³/mol. The van der Waals surface area contributed by atoms with Gasteiger partial charge >= 0.3 is 5.69 Å². The van der Waals surface area contributed by atoms with E-state index in [9.17, 15) is 9.90 Å². The van der Waals surface area contributed by atoms with Gasteiger partial charge in [0, 0.05) is 23.7 Å². The van der Waals surface area contributed by atoms with Crippen LogP contribution >= 0.6 is 0 Å². The second-order valence-corrected chi connectivity index (χ2v) is 8.93. The van der Waals surface area contributed by atoms with E-state index in [1.54, 1.807) is 10.8 Å². The van der Waals surface area contributed by atoms with Gasteiger partial charge in [-0.1, -0.05) is 37.6 Å². The Morgan fingerprint density at radius 3 is 2.65 bits per heavy atom. The number of aromatic nitrogens is 7. The van der Waals surface area contributed by atoms with Crippen LogP contribution in [0.4, 0.5) is 0 Å². The molecule has 34 heavy (non-hydrogen) atoms. The first-order chi connectivity index (χ1) is 16.6. The van der Waals surface area contributed by atoms with Crippen molar-refractivity contribution in [1.82, 2.24) is 34.7 Å². The summed E-state index contributed by atoms with van der Waals surface area (Å²) in [6, 6.07) is 11.8. The lowest BCUT2D eigenvalue weighted by Crippen LogP contribution is -2.31. The number of tetrazole rings is 1. The van der Waals surface area contributed by atoms with Gasteiger partial charge in [-0.05, 0) is 65.8 Å². The minimum atomic E-state index is -0.454. The van der Waals surface area contributed by atoms with Gasteiger partial charge in [0.05, 0.1) is 24.4 Å². The van der Waals surface area contributed by atoms with Gasteiger partial charge in [-0.15, -0.1) is 5.10 Å². The molecule has 0 saturated heterocycles. The fourth-order valence-electron chi connectivity index (χ4n) is 4.77. The first kappa shape index (κ1) is 22.2. The molecular weight excluding hydrogens is 430 g/mol. The molecule has 0 bridgehead atoms. The SMILES string of the molecule is CCCCc1cn(C2CCCC2O)c(=O)n1Cc1cc(-c2ccc(-c3nnn[nH]3)cc2)ccn1. The molecule has 0 radical (unpaired) electrons. The van der Waals surface area contributed by atoms with Crippen molar-refractivity contribution in [2.24, 2.45) is 0 Å². The number of unbranched alkanes of at least 4 members (excludes halogenated alkanes) is 1. The highest BCUT2D eigenvalue weighted by molar-refractivity contribution is 5.67. The molecule has 1 aliphatic rings. The molecule has 2 unspecified atom stereocenters. The molecule has 1 aromatic carbocycles. The molecule has 9 heteroatoms. The Labute approximate surface area is 197 Å². The number of aliphatic hydroxyl groups excluding tert-OH is 1. The van der Waals surface area contributed by atoms with Crippen LogP contribution in [0.2, 0.25) is 0 Å². The number of nitrogens with one attached hydrogen (secondary N) is 1. The van der Waals surface area contributed by atoms with Crippen LogP contribution in [0, 0.1) is 0 Å². The highest BCUT2D eigenvalue weighted by atomic mass is 16.3. The summed E-state index contributed by atoms with van der Waals surface area (Å²) in [7, 11) is 0. The minimum Gasteiger partial charge on any atom is -0.391 e. The van der Waals surface area contributed by atoms with Crippen LogP contribution in [0.5, 0.6) is 0 Å². The van der Waals surface area contributed by atoms with Crippen LogP contribution in [0.1, 0.15) is 56.5 Å². The largest absolute Gasteiger partial charge is 0.391 e. The van der Waals surface area contributed by atoms with Crippen LogP contribution in [0.15, 0.2) is 53.6 Å². The van der Waals surface area contributed by atoms with Gasteiger partial charge in [-0.2, -0.15) is 0 Å². The van der Waals surface area contributed by atoms with E-state index in [-0.39, 0.29) is 11.7 Å². The highest BCUT2D eigenvalue weighted by Gasteiger charge is 2.29. The Kier molecular flexibility index (Phi) is 6.35. The van der Waals surface area contributed by atoms with Gasteiger partial charge in [0.1, 0.15) is 0 Å². The molecule has 1 aliphatic carbocycles. The van der Waals surface area contributed by atoms with Gasteiger partial charge in [0.15, 0.2) is 5.82 Å². The van der Waals surface area contributed by atoms with Gasteiger partial charge in [0.2, 0.25) is 0 Å². The van der Waals surface area contributed by atoms with Crippen LogP contribution in [0.25, 0.3) is 22.5 Å². The van der Waals surface area contributed by atoms with Crippen molar-refractivity contribution in [3.8, 4) is 22.5 Å². The van der Waals surface area contributed by atoms with E-state index < -0.39 is 6.10 Å². The van der Waals surface area contributed by atoms with Crippen molar-refractivity contribution < 1.29 is 5.11 Å². The number of H-pyrrole nitrogens is 1. The first-order valence-electron chi connectivity index (χ1n) is 11.9. The maximum Gasteiger partial charge on any atom is 0.329 e. The molecule has 4 aromatic rings. The Balaban J connectivity index is 1.43. The van der Waals surface area contributed by atoms with Crippen LogP contribution in [-0.4, -0.2) is 46.0 Å². The van der Waals surface area contributed by atoms with E-state index in [1.807, 2.05) is 47.2 Å². The molecule has 3 aromatic heterocycles. The zero-order valence-corrected chi connectivity index (χ0v) is 19.3. The van der Waals surface area contributed by atoms with E-state index in [4.69, 9.17) is 0 Å². The number of imidazole rings is 1. The van der Waals surface area contributed by atoms with Gasteiger partial charge in [0.25, 0.3) is 0 Å². The van der Waals surface area contributed by atoms with Crippen molar-refractivity contribution in [3.05, 3.63) is 70.7 Å². The zero-order valence-electron chi connectivity index (χ0n) is 19.3. The predicted octanol–water partition coefficient (Wildman–Crippen LogP) is 3.37. The average Bonchev–Trinajstić information content (AvgIpc) is 3.61. The molecule has 0 amide bonds. The molecule has 5 rings (SSSR count). The van der Waals surface area contributed by atoms with Crippen LogP contribution < -0.4 is 5.69 Å². The third-order valence-electron chi connectivity index (χ3n) is 6.65. The number of aryl methyl sites for hydroxylation is 1. The Bertz CT molecular complexity index is 1290. The molecule has 0 spiro atoms. The van der Waals surface area contributed by atoms with Crippen molar-refractivity contribution in [1.29, 1.82) is 0 Å². The standard InChI is InChI=1S/C25H29N7O2/c1-2-3-5-21-16-32(22-6-4-7-23(22)33)25(34)31(21)15-20-14-19(12-13-26-20)17-8-10-18(11-9-17)24-27-29-30-28-24/h8-14,16,22-23,33H,2-7,15H2,1H3,(H,27,28,29,30). The number of aliphatic hydroxyl groups is 1. The number of hydrogen-bond acceptors (Lipinski definition) is 6. The molecule has 1 fully saturated rings. The summed E-state index contributed by atoms with van der Waals surface area (Å²) < 4.78 is 3.58. The van der Waals surface area contributed by atoms with E-state index in [0.29, 0.717) is 12.4 Å². The normalized spacial score (nSPS) is 17.9. The summed E-state index contributed by atoms with van der Waals surface area (Å²) >= 11 is 0. The second-order valence-electron chi connectivity index (χ2n) is 8.93. The minimum absolute atomic E-state index is 0.0609. The second kappa shape index (κ2) is 9.72. The molecule has 2 atom stereocenters. The topological polar surface area (TPSA) is 115 Å². The molecule has 176 valence electrons. The van der Waals surface area contributed by atoms with Gasteiger partial charge in [-0.25, -0.2) is 9.89 Å². The van der Waals surface area contributed by atoms with Gasteiger partial charge in [-0.3, -0.25) is 14.1 Å². The first-order valence-corrected chi connectivity index (χ1v) is 11.9. The molecule has 3 heterocycles. The molecular formula is C25H29N7O2. The lowest BCUT2D eigenvalue weighted by atomic mass is 10.0. The summed E-state index contributed by atoms with van der Waals surface area (Å²) in [6.07, 6.45) is 8.73. The van der Waals surface area contributed by atoms with Crippen LogP contribution in [-0.2, 0) is 13.0 Å². The van der Waals surface area contributed by atoms with Crippen molar-refractivity contribution in [2.45, 2.75) is 64.1 Å². The summed E-state index contributed by atoms with van der Waals surface area (Å²) in [5.74, 6) is 0.623. The monoisotopic (exact) mass is 459 g/mol. The maximum absolute atomic E-state index is 13.4. The molecule has 0 aliphatic heterocycles. The third kappa shape index (κ3) is 4.43. The summed E-state index contributed by atoms with van der Waals surface area (Å²) in [4.78, 5) is 17.9. The fraction of sp³-hybridized carbons (Fsp3) is 0.400. The van der Waals surface area contributed by atoms with E-state index in [1.165, 1.54) is 0 Å². The average molecular weight is 460 g/mol. The molecule has 1 saturated carbocycles. The number of aromatic amines is 1. The number of benzene rings is 1. The van der Waals surface area contributed by atoms with E-state index in [0.717, 1.165) is 66.6 Å². The quantitative estimate of drug-likeness (QED) is 0.418. The van der Waals surface area contributed by atoms with Crippen molar-refractivity contribution in [3.63, 3.8) is 0 Å². The van der Waals surface area contributed by atoms with Crippen molar-refractivity contribution >= 4 is 0 Å². The van der Waals surface area contributed by atoms with E-state index >= 15 is 0 Å². The van der Waals surface area contributed by atoms with Gasteiger partial charge < -0.3 is 5.11 Å².